The first kappa shape index (κ1) is 29.2. The van der Waals surface area contributed by atoms with Crippen LogP contribution >= 0.6 is 0 Å². The molecule has 1 aliphatic rings. The van der Waals surface area contributed by atoms with Gasteiger partial charge in [0, 0.05) is 37.8 Å². The van der Waals surface area contributed by atoms with E-state index in [1.54, 1.807) is 23.6 Å². The van der Waals surface area contributed by atoms with Gasteiger partial charge in [-0.15, -0.1) is 10.2 Å². The van der Waals surface area contributed by atoms with Crippen LogP contribution in [-0.2, 0) is 9.53 Å². The molecule has 3 aromatic heterocycles. The Morgan fingerprint density at radius 1 is 1.18 bits per heavy atom. The number of rotatable bonds is 7. The number of nitrogens with zero attached hydrogens (tertiary/aromatic N) is 5. The van der Waals surface area contributed by atoms with Gasteiger partial charge in [-0.25, -0.2) is 4.98 Å². The smallest absolute Gasteiger partial charge is 0.408 e. The van der Waals surface area contributed by atoms with Crippen molar-refractivity contribution in [3.05, 3.63) is 54.2 Å². The summed E-state index contributed by atoms with van der Waals surface area (Å²) in [6.45, 7) is 4.43. The number of para-hydroxylation sites is 1. The van der Waals surface area contributed by atoms with Gasteiger partial charge in [-0.05, 0) is 44.0 Å². The Hall–Kier alpha value is -3.81. The molecule has 1 unspecified atom stereocenters. The van der Waals surface area contributed by atoms with E-state index in [-0.39, 0.29) is 31.2 Å². The summed E-state index contributed by atoms with van der Waals surface area (Å²) in [5.41, 5.74) is 6.91. The van der Waals surface area contributed by atoms with Gasteiger partial charge in [0.15, 0.2) is 11.5 Å². The van der Waals surface area contributed by atoms with Crippen LogP contribution < -0.4 is 10.5 Å². The second-order valence-corrected chi connectivity index (χ2v) is 10.1. The number of likely N-dealkylation sites (tertiary alicyclic amines) is 1. The van der Waals surface area contributed by atoms with Crippen LogP contribution in [0, 0.1) is 0 Å². The van der Waals surface area contributed by atoms with Crippen molar-refractivity contribution in [2.45, 2.75) is 44.1 Å². The second kappa shape index (κ2) is 11.7. The fraction of sp³-hybridized carbons (Fsp3) is 0.407. The lowest BCUT2D eigenvalue weighted by atomic mass is 10.1. The quantitative estimate of drug-likeness (QED) is 0.321. The highest BCUT2D eigenvalue weighted by Crippen LogP contribution is 2.39. The third-order valence-electron chi connectivity index (χ3n) is 6.46. The number of pyridine rings is 2. The monoisotopic (exact) mass is 560 g/mol. The van der Waals surface area contributed by atoms with E-state index in [1.165, 1.54) is 17.2 Å². The number of hydrogen-bond donors (Lipinski definition) is 2. The zero-order chi connectivity index (χ0) is 29.1. The van der Waals surface area contributed by atoms with E-state index in [4.69, 9.17) is 30.1 Å². The van der Waals surface area contributed by atoms with Crippen LogP contribution in [0.5, 0.6) is 5.75 Å². The van der Waals surface area contributed by atoms with Crippen LogP contribution in [0.4, 0.5) is 13.2 Å². The Kier molecular flexibility index (Phi) is 8.57. The molecule has 0 amide bonds. The normalized spacial score (nSPS) is 17.0. The Bertz CT molecular complexity index is 1480. The molecule has 0 saturated carbocycles. The van der Waals surface area contributed by atoms with Crippen molar-refractivity contribution in [1.82, 2.24) is 24.5 Å². The number of methoxy groups -OCH3 is 1. The minimum Gasteiger partial charge on any atom is -0.483 e. The van der Waals surface area contributed by atoms with E-state index >= 15 is 0 Å². The lowest BCUT2D eigenvalue weighted by molar-refractivity contribution is -0.183. The van der Waals surface area contributed by atoms with Crippen molar-refractivity contribution in [1.29, 1.82) is 0 Å². The highest BCUT2D eigenvalue weighted by atomic mass is 19.4. The summed E-state index contributed by atoms with van der Waals surface area (Å²) in [4.78, 5) is 14.5. The fourth-order valence-corrected chi connectivity index (χ4v) is 4.90. The molecule has 214 valence electrons. The van der Waals surface area contributed by atoms with Crippen LogP contribution in [0.15, 0.2) is 48.7 Å². The van der Waals surface area contributed by atoms with Crippen molar-refractivity contribution in [2.24, 2.45) is 5.73 Å². The molecule has 13 heteroatoms. The number of fused-ring (bicyclic) bond motifs is 2. The number of aromatic nitrogens is 4. The van der Waals surface area contributed by atoms with E-state index < -0.39 is 17.8 Å². The lowest BCUT2D eigenvalue weighted by Crippen LogP contribution is -2.38. The molecule has 1 saturated heterocycles. The van der Waals surface area contributed by atoms with E-state index in [0.717, 1.165) is 5.39 Å². The first-order valence-corrected chi connectivity index (χ1v) is 12.5. The average molecular weight is 561 g/mol. The number of hydrogen-bond acceptors (Lipinski definition) is 8. The maximum atomic E-state index is 14.2. The summed E-state index contributed by atoms with van der Waals surface area (Å²) in [5.74, 6) is 0.905. The van der Waals surface area contributed by atoms with Gasteiger partial charge in [0.1, 0.15) is 28.6 Å². The highest BCUT2D eigenvalue weighted by Gasteiger charge is 2.46. The number of halogens is 3. The van der Waals surface area contributed by atoms with Gasteiger partial charge in [0.2, 0.25) is 0 Å². The zero-order valence-electron chi connectivity index (χ0n) is 22.3. The maximum Gasteiger partial charge on any atom is 0.408 e. The highest BCUT2D eigenvalue weighted by molar-refractivity contribution is 5.86. The summed E-state index contributed by atoms with van der Waals surface area (Å²) >= 11 is 0. The van der Waals surface area contributed by atoms with Gasteiger partial charge in [-0.1, -0.05) is 24.3 Å². The Morgan fingerprint density at radius 3 is 2.58 bits per heavy atom. The molecule has 0 bridgehead atoms. The summed E-state index contributed by atoms with van der Waals surface area (Å²) in [6, 6.07) is 10.2. The van der Waals surface area contributed by atoms with Gasteiger partial charge in [-0.3, -0.25) is 14.1 Å². The molecular formula is C27H31F3N6O4. The third kappa shape index (κ3) is 6.32. The van der Waals surface area contributed by atoms with Gasteiger partial charge in [-0.2, -0.15) is 13.2 Å². The maximum absolute atomic E-state index is 14.2. The molecule has 4 aromatic rings. The molecule has 0 spiro atoms. The first-order chi connectivity index (χ1) is 19.0. The number of carboxylic acid groups (broad SMARTS) is 1. The molecular weight excluding hydrogens is 529 g/mol. The molecule has 2 atom stereocenters. The molecule has 3 N–H and O–H groups in total. The van der Waals surface area contributed by atoms with Crippen LogP contribution in [0.25, 0.3) is 28.1 Å². The number of nitrogens with two attached hydrogens (primary N) is 1. The van der Waals surface area contributed by atoms with E-state index in [0.29, 0.717) is 41.5 Å². The van der Waals surface area contributed by atoms with Crippen LogP contribution in [0.2, 0.25) is 0 Å². The first-order valence-electron chi connectivity index (χ1n) is 12.5. The summed E-state index contributed by atoms with van der Waals surface area (Å²) in [6.07, 6.45) is -2.49. The van der Waals surface area contributed by atoms with Gasteiger partial charge in [0.05, 0.1) is 6.61 Å². The molecule has 10 nitrogen and oxygen atoms in total. The standard InChI is InChI=1S/C26H29F3N6O2.CH2O2/c1-25(2,15-36-3)37-20-6-4-5-16-7-9-19(31-22(16)20)24-33-32-21-10-8-17(13-35(21)24)23(26(27,28)29)34-12-11-18(30)14-34;2-1-3/h4-10,13,18,23H,11-12,14-15,30H2,1-3H3;1H,(H,2,3)/t18?,23-;/m1./s1. The van der Waals surface area contributed by atoms with Crippen molar-refractivity contribution in [3.63, 3.8) is 0 Å². The molecule has 1 fully saturated rings. The number of alkyl halides is 3. The zero-order valence-corrected chi connectivity index (χ0v) is 22.3. The number of carbonyl (C=O) groups is 1. The largest absolute Gasteiger partial charge is 0.483 e. The van der Waals surface area contributed by atoms with Crippen LogP contribution in [-0.4, -0.2) is 80.7 Å². The number of ether oxygens (including phenoxy) is 2. The van der Waals surface area contributed by atoms with Crippen LogP contribution in [0.1, 0.15) is 31.9 Å². The third-order valence-corrected chi connectivity index (χ3v) is 6.46. The average Bonchev–Trinajstić information content (AvgIpc) is 3.49. The van der Waals surface area contributed by atoms with Crippen molar-refractivity contribution in [3.8, 4) is 17.3 Å². The van der Waals surface area contributed by atoms with Gasteiger partial charge >= 0.3 is 6.18 Å². The summed E-state index contributed by atoms with van der Waals surface area (Å²) in [5, 5.41) is 16.2. The minimum absolute atomic E-state index is 0.0984. The summed E-state index contributed by atoms with van der Waals surface area (Å²) in [7, 11) is 1.61. The Labute approximate surface area is 228 Å². The van der Waals surface area contributed by atoms with Gasteiger partial charge < -0.3 is 20.3 Å². The summed E-state index contributed by atoms with van der Waals surface area (Å²) < 4.78 is 55.6. The van der Waals surface area contributed by atoms with Crippen molar-refractivity contribution in [2.75, 3.05) is 26.8 Å². The van der Waals surface area contributed by atoms with Crippen molar-refractivity contribution >= 4 is 23.0 Å². The van der Waals surface area contributed by atoms with E-state index in [1.807, 2.05) is 38.1 Å². The lowest BCUT2D eigenvalue weighted by Gasteiger charge is -2.30. The molecule has 4 heterocycles. The number of benzene rings is 1. The molecule has 0 aliphatic carbocycles. The van der Waals surface area contributed by atoms with Gasteiger partial charge in [0.25, 0.3) is 6.47 Å². The molecule has 0 radical (unpaired) electrons. The molecule has 5 rings (SSSR count). The van der Waals surface area contributed by atoms with Crippen LogP contribution in [0.3, 0.4) is 0 Å². The molecule has 1 aliphatic heterocycles. The van der Waals surface area contributed by atoms with E-state index in [9.17, 15) is 13.2 Å². The predicted octanol–water partition coefficient (Wildman–Crippen LogP) is 4.09. The SMILES string of the molecule is COCC(C)(C)Oc1cccc2ccc(-c3nnc4ccc([C@@H](N5CCC(N)C5)C(F)(F)F)cn34)nc12.O=CO. The Balaban J connectivity index is 0.00000118. The molecule has 1 aromatic carbocycles. The topological polar surface area (TPSA) is 128 Å². The van der Waals surface area contributed by atoms with E-state index in [2.05, 4.69) is 10.2 Å². The molecule has 40 heavy (non-hydrogen) atoms. The minimum atomic E-state index is -4.46. The second-order valence-electron chi connectivity index (χ2n) is 10.1. The Morgan fingerprint density at radius 2 is 1.93 bits per heavy atom. The van der Waals surface area contributed by atoms with Crippen molar-refractivity contribution < 1.29 is 32.5 Å². The fourth-order valence-electron chi connectivity index (χ4n) is 4.90. The predicted molar refractivity (Wildman–Crippen MR) is 142 cm³/mol.